The van der Waals surface area contributed by atoms with Gasteiger partial charge in [-0.1, -0.05) is 62.2 Å². The van der Waals surface area contributed by atoms with Crippen LogP contribution < -0.4 is 4.74 Å². The number of aliphatic hydroxyl groups excluding tert-OH is 1. The molecule has 0 bridgehead atoms. The van der Waals surface area contributed by atoms with Crippen molar-refractivity contribution in [1.29, 1.82) is 0 Å². The number of rotatable bonds is 11. The fourth-order valence-electron chi connectivity index (χ4n) is 3.90. The first kappa shape index (κ1) is 24.0. The SMILES string of the molecule is CCCCC(O)CN(Cc1c(-c2ccccc2)nn(C)c1Oc1cccc(C)c1)C(C)C. The summed E-state index contributed by atoms with van der Waals surface area (Å²) in [6.45, 7) is 9.84. The zero-order chi connectivity index (χ0) is 23.1. The molecule has 1 unspecified atom stereocenters. The molecule has 0 spiro atoms. The van der Waals surface area contributed by atoms with Gasteiger partial charge >= 0.3 is 0 Å². The number of hydrogen-bond donors (Lipinski definition) is 1. The third-order valence-corrected chi connectivity index (χ3v) is 5.77. The molecule has 3 rings (SSSR count). The quantitative estimate of drug-likeness (QED) is 0.404. The number of benzene rings is 2. The molecule has 5 heteroatoms. The Morgan fingerprint density at radius 2 is 1.84 bits per heavy atom. The van der Waals surface area contributed by atoms with Gasteiger partial charge in [-0.3, -0.25) is 4.90 Å². The second kappa shape index (κ2) is 11.3. The van der Waals surface area contributed by atoms with Gasteiger partial charge in [-0.05, 0) is 44.9 Å². The molecule has 1 aromatic heterocycles. The lowest BCUT2D eigenvalue weighted by Gasteiger charge is -2.29. The summed E-state index contributed by atoms with van der Waals surface area (Å²) < 4.78 is 8.21. The van der Waals surface area contributed by atoms with Crippen molar-refractivity contribution in [2.24, 2.45) is 7.05 Å². The molecule has 0 saturated heterocycles. The lowest BCUT2D eigenvalue weighted by atomic mass is 10.1. The minimum Gasteiger partial charge on any atom is -0.439 e. The van der Waals surface area contributed by atoms with E-state index < -0.39 is 0 Å². The maximum absolute atomic E-state index is 10.6. The summed E-state index contributed by atoms with van der Waals surface area (Å²) in [5, 5.41) is 15.5. The lowest BCUT2D eigenvalue weighted by Crippen LogP contribution is -2.37. The Kier molecular flexibility index (Phi) is 8.48. The van der Waals surface area contributed by atoms with Crippen LogP contribution in [-0.2, 0) is 13.6 Å². The lowest BCUT2D eigenvalue weighted by molar-refractivity contribution is 0.0829. The summed E-state index contributed by atoms with van der Waals surface area (Å²) >= 11 is 0. The van der Waals surface area contributed by atoms with E-state index in [2.05, 4.69) is 50.8 Å². The second-order valence-corrected chi connectivity index (χ2v) is 8.86. The van der Waals surface area contributed by atoms with Crippen LogP contribution in [0.1, 0.15) is 51.2 Å². The van der Waals surface area contributed by atoms with Crippen LogP contribution in [0, 0.1) is 6.92 Å². The van der Waals surface area contributed by atoms with Gasteiger partial charge in [-0.2, -0.15) is 5.10 Å². The van der Waals surface area contributed by atoms with Crippen LogP contribution in [0.15, 0.2) is 54.6 Å². The molecule has 172 valence electrons. The molecular formula is C27H37N3O2. The van der Waals surface area contributed by atoms with Gasteiger partial charge in [0, 0.05) is 31.7 Å². The molecule has 2 aromatic carbocycles. The Bertz CT molecular complexity index is 982. The number of ether oxygens (including phenoxy) is 1. The average Bonchev–Trinajstić information content (AvgIpc) is 3.07. The Balaban J connectivity index is 1.98. The highest BCUT2D eigenvalue weighted by Crippen LogP contribution is 2.34. The largest absolute Gasteiger partial charge is 0.439 e. The van der Waals surface area contributed by atoms with Crippen LogP contribution in [0.25, 0.3) is 11.3 Å². The van der Waals surface area contributed by atoms with Crippen LogP contribution in [0.5, 0.6) is 11.6 Å². The number of hydrogen-bond acceptors (Lipinski definition) is 4. The summed E-state index contributed by atoms with van der Waals surface area (Å²) in [7, 11) is 1.93. The van der Waals surface area contributed by atoms with E-state index in [9.17, 15) is 5.11 Å². The zero-order valence-corrected chi connectivity index (χ0v) is 20.1. The fourth-order valence-corrected chi connectivity index (χ4v) is 3.90. The van der Waals surface area contributed by atoms with Crippen LogP contribution in [-0.4, -0.2) is 38.5 Å². The first-order chi connectivity index (χ1) is 15.4. The smallest absolute Gasteiger partial charge is 0.222 e. The van der Waals surface area contributed by atoms with Crippen molar-refractivity contribution in [2.45, 2.75) is 65.6 Å². The second-order valence-electron chi connectivity index (χ2n) is 8.86. The van der Waals surface area contributed by atoms with Crippen molar-refractivity contribution in [1.82, 2.24) is 14.7 Å². The van der Waals surface area contributed by atoms with E-state index in [1.807, 2.05) is 48.1 Å². The van der Waals surface area contributed by atoms with Gasteiger partial charge in [0.1, 0.15) is 11.4 Å². The molecule has 1 heterocycles. The summed E-state index contributed by atoms with van der Waals surface area (Å²) in [6, 6.07) is 18.6. The predicted molar refractivity (Wildman–Crippen MR) is 131 cm³/mol. The summed E-state index contributed by atoms with van der Waals surface area (Å²) in [5.41, 5.74) is 4.17. The zero-order valence-electron chi connectivity index (χ0n) is 20.1. The van der Waals surface area contributed by atoms with Crippen molar-refractivity contribution >= 4 is 0 Å². The van der Waals surface area contributed by atoms with Crippen LogP contribution in [0.3, 0.4) is 0 Å². The highest BCUT2D eigenvalue weighted by molar-refractivity contribution is 5.65. The van der Waals surface area contributed by atoms with Crippen LogP contribution >= 0.6 is 0 Å². The molecule has 0 aliphatic rings. The number of aliphatic hydroxyl groups is 1. The van der Waals surface area contributed by atoms with Crippen molar-refractivity contribution in [3.63, 3.8) is 0 Å². The van der Waals surface area contributed by atoms with E-state index in [-0.39, 0.29) is 12.1 Å². The minimum absolute atomic E-state index is 0.280. The number of aryl methyl sites for hydroxylation is 2. The maximum atomic E-state index is 10.6. The molecule has 3 aromatic rings. The summed E-state index contributed by atoms with van der Waals surface area (Å²) in [4.78, 5) is 2.31. The molecule has 0 radical (unpaired) electrons. The van der Waals surface area contributed by atoms with E-state index in [0.717, 1.165) is 53.3 Å². The van der Waals surface area contributed by atoms with Gasteiger partial charge in [-0.25, -0.2) is 4.68 Å². The van der Waals surface area contributed by atoms with Crippen molar-refractivity contribution in [3.8, 4) is 22.9 Å². The molecule has 0 fully saturated rings. The first-order valence-electron chi connectivity index (χ1n) is 11.7. The Morgan fingerprint density at radius 3 is 2.50 bits per heavy atom. The molecular weight excluding hydrogens is 398 g/mol. The first-order valence-corrected chi connectivity index (χ1v) is 11.7. The highest BCUT2D eigenvalue weighted by Gasteiger charge is 2.24. The Morgan fingerprint density at radius 1 is 1.09 bits per heavy atom. The van der Waals surface area contributed by atoms with Crippen molar-refractivity contribution in [3.05, 3.63) is 65.7 Å². The van der Waals surface area contributed by atoms with Crippen LogP contribution in [0.2, 0.25) is 0 Å². The number of unbranched alkanes of at least 4 members (excludes halogenated alkanes) is 1. The van der Waals surface area contributed by atoms with Crippen molar-refractivity contribution in [2.75, 3.05) is 6.54 Å². The molecule has 0 aliphatic carbocycles. The highest BCUT2D eigenvalue weighted by atomic mass is 16.5. The van der Waals surface area contributed by atoms with Crippen molar-refractivity contribution < 1.29 is 9.84 Å². The van der Waals surface area contributed by atoms with E-state index in [0.29, 0.717) is 13.1 Å². The topological polar surface area (TPSA) is 50.5 Å². The van der Waals surface area contributed by atoms with Gasteiger partial charge in [0.2, 0.25) is 5.88 Å². The number of aromatic nitrogens is 2. The molecule has 1 atom stereocenters. The van der Waals surface area contributed by atoms with Gasteiger partial charge in [0.15, 0.2) is 0 Å². The van der Waals surface area contributed by atoms with Crippen LogP contribution in [0.4, 0.5) is 0 Å². The van der Waals surface area contributed by atoms with E-state index in [1.165, 1.54) is 0 Å². The third kappa shape index (κ3) is 6.21. The standard InChI is InChI=1S/C27H37N3O2/c1-6-7-15-23(31)18-30(20(2)3)19-25-26(22-13-9-8-10-14-22)28-29(5)27(25)32-24-16-11-12-21(4)17-24/h8-14,16-17,20,23,31H,6-7,15,18-19H2,1-5H3. The molecule has 0 amide bonds. The van der Waals surface area contributed by atoms with Gasteiger partial charge in [0.05, 0.1) is 11.7 Å². The maximum Gasteiger partial charge on any atom is 0.222 e. The number of nitrogens with zero attached hydrogens (tertiary/aromatic N) is 3. The van der Waals surface area contributed by atoms with Gasteiger partial charge in [0.25, 0.3) is 0 Å². The minimum atomic E-state index is -0.338. The Hall–Kier alpha value is -2.63. The molecule has 0 saturated carbocycles. The van der Waals surface area contributed by atoms with Gasteiger partial charge in [-0.15, -0.1) is 0 Å². The summed E-state index contributed by atoms with van der Waals surface area (Å²) in [5.74, 6) is 1.54. The van der Waals surface area contributed by atoms with Gasteiger partial charge < -0.3 is 9.84 Å². The predicted octanol–water partition coefficient (Wildman–Crippen LogP) is 5.95. The fraction of sp³-hybridized carbons (Fsp3) is 0.444. The third-order valence-electron chi connectivity index (χ3n) is 5.77. The monoisotopic (exact) mass is 435 g/mol. The Labute approximate surface area is 192 Å². The van der Waals surface area contributed by atoms with E-state index in [4.69, 9.17) is 9.84 Å². The molecule has 1 N–H and O–H groups in total. The molecule has 0 aliphatic heterocycles. The van der Waals surface area contributed by atoms with E-state index >= 15 is 0 Å². The normalized spacial score (nSPS) is 12.5. The van der Waals surface area contributed by atoms with E-state index in [1.54, 1.807) is 0 Å². The molecule has 32 heavy (non-hydrogen) atoms. The summed E-state index contributed by atoms with van der Waals surface area (Å²) in [6.07, 6.45) is 2.62. The average molecular weight is 436 g/mol. The molecule has 5 nitrogen and oxygen atoms in total.